The number of ether oxygens (including phenoxy) is 2. The number of anilines is 1. The van der Waals surface area contributed by atoms with Gasteiger partial charge in [0.25, 0.3) is 0 Å². The molecule has 0 radical (unpaired) electrons. The van der Waals surface area contributed by atoms with Crippen molar-refractivity contribution in [1.82, 2.24) is 20.2 Å². The molecule has 0 aromatic carbocycles. The summed E-state index contributed by atoms with van der Waals surface area (Å²) in [6.45, 7) is 1.17. The number of nitriles is 1. The summed E-state index contributed by atoms with van der Waals surface area (Å²) in [5.74, 6) is 0.888. The lowest BCUT2D eigenvalue weighted by Gasteiger charge is -2.47. The van der Waals surface area contributed by atoms with Crippen LogP contribution in [-0.4, -0.2) is 57.2 Å². The van der Waals surface area contributed by atoms with Crippen LogP contribution in [0, 0.1) is 17.2 Å². The first-order chi connectivity index (χ1) is 20.4. The van der Waals surface area contributed by atoms with E-state index in [2.05, 4.69) is 22.8 Å². The molecule has 7 rings (SSSR count). The molecule has 1 saturated carbocycles. The van der Waals surface area contributed by atoms with E-state index in [1.54, 1.807) is 6.26 Å². The molecule has 220 valence electrons. The lowest BCUT2D eigenvalue weighted by atomic mass is 9.65. The van der Waals surface area contributed by atoms with Crippen LogP contribution in [0.5, 0.6) is 6.01 Å². The second kappa shape index (κ2) is 10.4. The minimum atomic E-state index is -0.877. The molecule has 3 fully saturated rings. The molecular weight excluding hydrogens is 537 g/mol. The second-order valence-electron chi connectivity index (χ2n) is 12.4. The van der Waals surface area contributed by atoms with E-state index in [1.165, 1.54) is 0 Å². The summed E-state index contributed by atoms with van der Waals surface area (Å²) in [4.78, 5) is 23.4. The number of carbonyl (C=O) groups is 1. The van der Waals surface area contributed by atoms with Gasteiger partial charge in [0.2, 0.25) is 5.91 Å². The fourth-order valence-electron chi connectivity index (χ4n) is 7.70. The minimum absolute atomic E-state index is 0.00760. The Hall–Kier alpha value is -3.91. The number of hydrogen-bond donors (Lipinski definition) is 3. The second-order valence-corrected chi connectivity index (χ2v) is 12.4. The summed E-state index contributed by atoms with van der Waals surface area (Å²) in [6, 6.07) is 2.56. The fraction of sp³-hybridized carbons (Fsp3) is 0.548. The number of halogens is 1. The van der Waals surface area contributed by atoms with Crippen LogP contribution < -0.4 is 21.1 Å². The van der Waals surface area contributed by atoms with Crippen molar-refractivity contribution in [1.29, 1.82) is 5.26 Å². The standard InChI is InChI=1S/C31H36FN7O3/c32-20-13-30(8-2-11-39(30)17-20)10-12-41-29-37-25-14-31(9-1-3-19-4-6-24(34)22(15-33)27(19)31)42-18-23(25)28(38-29)36-21-5-7-26(40)35-16-21/h2,6,10-12,19-21H,1,3-5,7-9,13-14,16-18,34H2,(H,35,40)(H,36,37,38)/b12-10-/t19?,20?,21-,30?,31+/m1/s1. The van der Waals surface area contributed by atoms with Crippen LogP contribution in [0.3, 0.4) is 0 Å². The molecule has 5 heterocycles. The van der Waals surface area contributed by atoms with Crippen LogP contribution in [0.25, 0.3) is 0 Å². The molecule has 0 bridgehead atoms. The molecule has 4 aliphatic heterocycles. The molecule has 42 heavy (non-hydrogen) atoms. The van der Waals surface area contributed by atoms with Crippen LogP contribution in [0.4, 0.5) is 10.2 Å². The van der Waals surface area contributed by atoms with E-state index in [0.717, 1.165) is 48.9 Å². The number of hydrogen-bond acceptors (Lipinski definition) is 9. The maximum Gasteiger partial charge on any atom is 0.323 e. The van der Waals surface area contributed by atoms with Crippen molar-refractivity contribution in [2.45, 2.75) is 87.7 Å². The van der Waals surface area contributed by atoms with E-state index in [9.17, 15) is 14.4 Å². The monoisotopic (exact) mass is 573 g/mol. The molecule has 1 aromatic rings. The van der Waals surface area contributed by atoms with Gasteiger partial charge in [-0.15, -0.1) is 0 Å². The SMILES string of the molecule is N#CC1=C2C(CC=C1N)CCC[C@]21Cc2nc(O/C=C\C34CC=CN3CC(F)C4)nc(N[C@@H]3CCC(=O)NC3)c2CO1. The van der Waals surface area contributed by atoms with Crippen molar-refractivity contribution in [2.75, 3.05) is 18.4 Å². The topological polar surface area (TPSA) is 138 Å². The summed E-state index contributed by atoms with van der Waals surface area (Å²) in [5.41, 5.74) is 8.95. The molecule has 1 aromatic heterocycles. The third-order valence-corrected chi connectivity index (χ3v) is 9.80. The average molecular weight is 574 g/mol. The number of piperidine rings is 1. The quantitative estimate of drug-likeness (QED) is 0.452. The van der Waals surface area contributed by atoms with Gasteiger partial charge < -0.3 is 30.7 Å². The maximum atomic E-state index is 14.2. The fourth-order valence-corrected chi connectivity index (χ4v) is 7.70. The Morgan fingerprint density at radius 2 is 2.26 bits per heavy atom. The molecule has 2 saturated heterocycles. The predicted molar refractivity (Wildman–Crippen MR) is 152 cm³/mol. The summed E-state index contributed by atoms with van der Waals surface area (Å²) < 4.78 is 27.0. The molecular formula is C31H36FN7O3. The highest BCUT2D eigenvalue weighted by Gasteiger charge is 2.48. The van der Waals surface area contributed by atoms with Gasteiger partial charge in [0.1, 0.15) is 18.1 Å². The van der Waals surface area contributed by atoms with Crippen molar-refractivity contribution >= 4 is 11.7 Å². The van der Waals surface area contributed by atoms with E-state index in [1.807, 2.05) is 23.3 Å². The number of aromatic nitrogens is 2. The smallest absolute Gasteiger partial charge is 0.323 e. The van der Waals surface area contributed by atoms with Crippen molar-refractivity contribution in [2.24, 2.45) is 11.7 Å². The average Bonchev–Trinajstić information content (AvgIpc) is 3.50. The Kier molecular flexibility index (Phi) is 6.69. The number of fused-ring (bicyclic) bond motifs is 4. The normalized spacial score (nSPS) is 33.6. The lowest BCUT2D eigenvalue weighted by molar-refractivity contribution is -0.122. The Morgan fingerprint density at radius 1 is 1.36 bits per heavy atom. The molecule has 6 aliphatic rings. The van der Waals surface area contributed by atoms with Gasteiger partial charge in [0.15, 0.2) is 0 Å². The number of allylic oxidation sites excluding steroid dienone is 2. The number of carbonyl (C=O) groups excluding carboxylic acids is 1. The molecule has 4 N–H and O–H groups in total. The maximum absolute atomic E-state index is 14.2. The van der Waals surface area contributed by atoms with Crippen molar-refractivity contribution in [3.8, 4) is 12.1 Å². The first-order valence-electron chi connectivity index (χ1n) is 15.0. The summed E-state index contributed by atoms with van der Waals surface area (Å²) in [7, 11) is 0. The molecule has 1 amide bonds. The number of nitrogens with zero attached hydrogens (tertiary/aromatic N) is 4. The van der Waals surface area contributed by atoms with E-state index in [4.69, 9.17) is 25.2 Å². The third-order valence-electron chi connectivity index (χ3n) is 9.80. The van der Waals surface area contributed by atoms with Crippen LogP contribution in [0.2, 0.25) is 0 Å². The number of amides is 1. The van der Waals surface area contributed by atoms with E-state index < -0.39 is 17.3 Å². The lowest BCUT2D eigenvalue weighted by Crippen LogP contribution is -2.47. The Morgan fingerprint density at radius 3 is 3.10 bits per heavy atom. The molecule has 5 atom stereocenters. The first kappa shape index (κ1) is 27.0. The Labute approximate surface area is 244 Å². The highest BCUT2D eigenvalue weighted by Crippen LogP contribution is 2.50. The highest BCUT2D eigenvalue weighted by atomic mass is 19.1. The van der Waals surface area contributed by atoms with Gasteiger partial charge in [-0.25, -0.2) is 4.39 Å². The number of rotatable bonds is 5. The Bertz CT molecular complexity index is 1450. The summed E-state index contributed by atoms with van der Waals surface area (Å²) in [6.07, 6.45) is 14.9. The zero-order chi connectivity index (χ0) is 28.9. The van der Waals surface area contributed by atoms with Gasteiger partial charge in [-0.3, -0.25) is 4.79 Å². The molecule has 10 nitrogen and oxygen atoms in total. The zero-order valence-corrected chi connectivity index (χ0v) is 23.6. The largest absolute Gasteiger partial charge is 0.432 e. The van der Waals surface area contributed by atoms with Gasteiger partial charge in [-0.1, -0.05) is 12.2 Å². The van der Waals surface area contributed by atoms with Crippen LogP contribution in [-0.2, 0) is 22.6 Å². The zero-order valence-electron chi connectivity index (χ0n) is 23.6. The first-order valence-corrected chi connectivity index (χ1v) is 15.0. The van der Waals surface area contributed by atoms with E-state index in [0.29, 0.717) is 55.9 Å². The molecule has 3 unspecified atom stereocenters. The number of alkyl halides is 1. The van der Waals surface area contributed by atoms with E-state index >= 15 is 0 Å². The van der Waals surface area contributed by atoms with Crippen LogP contribution in [0.15, 0.2) is 47.5 Å². The van der Waals surface area contributed by atoms with Crippen molar-refractivity contribution < 1.29 is 18.7 Å². The predicted octanol–water partition coefficient (Wildman–Crippen LogP) is 3.44. The summed E-state index contributed by atoms with van der Waals surface area (Å²) in [5, 5.41) is 16.5. The van der Waals surface area contributed by atoms with Crippen molar-refractivity contribution in [3.05, 3.63) is 58.8 Å². The third kappa shape index (κ3) is 4.62. The molecule has 2 aliphatic carbocycles. The van der Waals surface area contributed by atoms with Gasteiger partial charge >= 0.3 is 6.01 Å². The molecule has 11 heteroatoms. The number of nitrogens with two attached hydrogens (primary N) is 1. The number of nitrogens with one attached hydrogen (secondary N) is 2. The van der Waals surface area contributed by atoms with Gasteiger partial charge in [0, 0.05) is 49.7 Å². The van der Waals surface area contributed by atoms with Crippen LogP contribution in [0.1, 0.15) is 62.6 Å². The van der Waals surface area contributed by atoms with Gasteiger partial charge in [-0.2, -0.15) is 15.2 Å². The van der Waals surface area contributed by atoms with E-state index in [-0.39, 0.29) is 30.5 Å². The van der Waals surface area contributed by atoms with Gasteiger partial charge in [0.05, 0.1) is 35.3 Å². The minimum Gasteiger partial charge on any atom is -0.432 e. The highest BCUT2D eigenvalue weighted by molar-refractivity contribution is 5.77. The molecule has 1 spiro atoms. The van der Waals surface area contributed by atoms with Crippen molar-refractivity contribution in [3.63, 3.8) is 0 Å². The Balaban J connectivity index is 1.22. The van der Waals surface area contributed by atoms with Crippen LogP contribution >= 0.6 is 0 Å². The summed E-state index contributed by atoms with van der Waals surface area (Å²) >= 11 is 0. The van der Waals surface area contributed by atoms with Gasteiger partial charge in [-0.05, 0) is 62.3 Å².